The summed E-state index contributed by atoms with van der Waals surface area (Å²) in [6, 6.07) is 7.45. The lowest BCUT2D eigenvalue weighted by molar-refractivity contribution is -0.148. The van der Waals surface area contributed by atoms with Gasteiger partial charge in [0.1, 0.15) is 5.54 Å². The first-order chi connectivity index (χ1) is 8.75. The second kappa shape index (κ2) is 5.84. The van der Waals surface area contributed by atoms with Crippen molar-refractivity contribution in [3.8, 4) is 0 Å². The summed E-state index contributed by atoms with van der Waals surface area (Å²) in [7, 11) is 1.62. The van der Waals surface area contributed by atoms with Crippen molar-refractivity contribution < 1.29 is 14.7 Å². The van der Waals surface area contributed by atoms with E-state index in [1.54, 1.807) is 20.9 Å². The van der Waals surface area contributed by atoms with Crippen LogP contribution in [0.5, 0.6) is 0 Å². The quantitative estimate of drug-likeness (QED) is 0.849. The number of para-hydroxylation sites is 1. The number of anilines is 1. The third kappa shape index (κ3) is 3.79. The van der Waals surface area contributed by atoms with Crippen molar-refractivity contribution in [3.63, 3.8) is 0 Å². The van der Waals surface area contributed by atoms with Gasteiger partial charge in [0, 0.05) is 5.69 Å². The Bertz CT molecular complexity index is 483. The molecule has 0 spiro atoms. The number of carbonyl (C=O) groups is 2. The van der Waals surface area contributed by atoms with Crippen LogP contribution in [0.1, 0.15) is 19.4 Å². The summed E-state index contributed by atoms with van der Waals surface area (Å²) in [6.07, 6.45) is 0. The summed E-state index contributed by atoms with van der Waals surface area (Å²) in [4.78, 5) is 24.5. The predicted molar refractivity (Wildman–Crippen MR) is 74.2 cm³/mol. The number of likely N-dealkylation sites (N-methyl/N-ethyl adjacent to an activating group) is 1. The van der Waals surface area contributed by atoms with Crippen LogP contribution in [0.3, 0.4) is 0 Å². The largest absolute Gasteiger partial charge is 0.480 e. The van der Waals surface area contributed by atoms with E-state index in [0.717, 1.165) is 11.3 Å². The van der Waals surface area contributed by atoms with Crippen LogP contribution in [0.15, 0.2) is 24.3 Å². The van der Waals surface area contributed by atoms with E-state index in [-0.39, 0.29) is 12.5 Å². The number of aliphatic carboxylic acids is 1. The minimum atomic E-state index is -1.08. The topological polar surface area (TPSA) is 69.6 Å². The van der Waals surface area contributed by atoms with Gasteiger partial charge in [-0.15, -0.1) is 0 Å². The highest BCUT2D eigenvalue weighted by Gasteiger charge is 2.32. The van der Waals surface area contributed by atoms with Gasteiger partial charge in [0.2, 0.25) is 5.91 Å². The highest BCUT2D eigenvalue weighted by molar-refractivity contribution is 5.93. The first-order valence-corrected chi connectivity index (χ1v) is 6.05. The molecule has 1 aromatic carbocycles. The average molecular weight is 264 g/mol. The molecule has 0 unspecified atom stereocenters. The molecular weight excluding hydrogens is 244 g/mol. The van der Waals surface area contributed by atoms with Crippen LogP contribution in [0.25, 0.3) is 0 Å². The number of rotatable bonds is 5. The molecule has 0 aliphatic heterocycles. The van der Waals surface area contributed by atoms with Crippen molar-refractivity contribution >= 4 is 17.6 Å². The zero-order chi connectivity index (χ0) is 14.6. The number of nitrogens with zero attached hydrogens (tertiary/aromatic N) is 1. The van der Waals surface area contributed by atoms with Gasteiger partial charge < -0.3 is 10.4 Å². The Kier molecular flexibility index (Phi) is 4.67. The van der Waals surface area contributed by atoms with Crippen LogP contribution < -0.4 is 5.32 Å². The number of carbonyl (C=O) groups excluding carboxylic acids is 1. The Hall–Kier alpha value is -1.88. The van der Waals surface area contributed by atoms with Gasteiger partial charge in [-0.3, -0.25) is 14.5 Å². The zero-order valence-electron chi connectivity index (χ0n) is 11.7. The Labute approximate surface area is 113 Å². The third-order valence-corrected chi connectivity index (χ3v) is 3.28. The van der Waals surface area contributed by atoms with Gasteiger partial charge in [-0.05, 0) is 39.4 Å². The predicted octanol–water partition coefficient (Wildman–Crippen LogP) is 1.73. The van der Waals surface area contributed by atoms with Gasteiger partial charge in [0.25, 0.3) is 0 Å². The Morgan fingerprint density at radius 3 is 2.42 bits per heavy atom. The molecule has 104 valence electrons. The van der Waals surface area contributed by atoms with Crippen molar-refractivity contribution in [3.05, 3.63) is 29.8 Å². The summed E-state index contributed by atoms with van der Waals surface area (Å²) >= 11 is 0. The molecule has 2 N–H and O–H groups in total. The fourth-order valence-electron chi connectivity index (χ4n) is 1.48. The molecule has 1 amide bonds. The van der Waals surface area contributed by atoms with Gasteiger partial charge in [-0.25, -0.2) is 0 Å². The molecule has 1 aromatic rings. The van der Waals surface area contributed by atoms with Gasteiger partial charge in [0.05, 0.1) is 6.54 Å². The van der Waals surface area contributed by atoms with Crippen LogP contribution in [0.2, 0.25) is 0 Å². The van der Waals surface area contributed by atoms with E-state index in [1.807, 2.05) is 31.2 Å². The first-order valence-electron chi connectivity index (χ1n) is 6.05. The normalized spacial score (nSPS) is 11.4. The summed E-state index contributed by atoms with van der Waals surface area (Å²) < 4.78 is 0. The van der Waals surface area contributed by atoms with Crippen molar-refractivity contribution in [2.45, 2.75) is 26.3 Å². The maximum atomic E-state index is 11.9. The molecule has 0 saturated carbocycles. The van der Waals surface area contributed by atoms with E-state index >= 15 is 0 Å². The average Bonchev–Trinajstić information content (AvgIpc) is 2.31. The number of hydrogen-bond acceptors (Lipinski definition) is 3. The lowest BCUT2D eigenvalue weighted by Gasteiger charge is -2.30. The summed E-state index contributed by atoms with van der Waals surface area (Å²) in [5, 5.41) is 11.9. The molecule has 0 saturated heterocycles. The highest BCUT2D eigenvalue weighted by atomic mass is 16.4. The van der Waals surface area contributed by atoms with Gasteiger partial charge >= 0.3 is 5.97 Å². The van der Waals surface area contributed by atoms with Crippen molar-refractivity contribution in [2.75, 3.05) is 18.9 Å². The Balaban J connectivity index is 2.67. The zero-order valence-corrected chi connectivity index (χ0v) is 11.7. The molecule has 0 heterocycles. The molecule has 19 heavy (non-hydrogen) atoms. The third-order valence-electron chi connectivity index (χ3n) is 3.28. The van der Waals surface area contributed by atoms with Gasteiger partial charge in [0.15, 0.2) is 0 Å². The summed E-state index contributed by atoms with van der Waals surface area (Å²) in [5.41, 5.74) is 0.633. The smallest absolute Gasteiger partial charge is 0.323 e. The molecule has 0 bridgehead atoms. The minimum Gasteiger partial charge on any atom is -0.480 e. The number of hydrogen-bond donors (Lipinski definition) is 2. The fraction of sp³-hybridized carbons (Fsp3) is 0.429. The number of amides is 1. The van der Waals surface area contributed by atoms with Gasteiger partial charge in [-0.1, -0.05) is 18.2 Å². The molecule has 0 aliphatic carbocycles. The second-order valence-electron chi connectivity index (χ2n) is 5.08. The van der Waals surface area contributed by atoms with E-state index in [9.17, 15) is 9.59 Å². The minimum absolute atomic E-state index is 0.0215. The van der Waals surface area contributed by atoms with E-state index < -0.39 is 11.5 Å². The fourth-order valence-corrected chi connectivity index (χ4v) is 1.48. The second-order valence-corrected chi connectivity index (χ2v) is 5.08. The van der Waals surface area contributed by atoms with E-state index in [0.29, 0.717) is 0 Å². The SMILES string of the molecule is Cc1ccccc1NC(=O)CN(C)C(C)(C)C(=O)O. The Morgan fingerprint density at radius 1 is 1.32 bits per heavy atom. The van der Waals surface area contributed by atoms with Crippen molar-refractivity contribution in [1.29, 1.82) is 0 Å². The molecule has 5 heteroatoms. The van der Waals surface area contributed by atoms with E-state index in [2.05, 4.69) is 5.32 Å². The van der Waals surface area contributed by atoms with Crippen LogP contribution >= 0.6 is 0 Å². The van der Waals surface area contributed by atoms with Crippen LogP contribution in [-0.2, 0) is 9.59 Å². The lowest BCUT2D eigenvalue weighted by Crippen LogP contribution is -2.50. The van der Waals surface area contributed by atoms with E-state index in [4.69, 9.17) is 5.11 Å². The maximum Gasteiger partial charge on any atom is 0.323 e. The number of benzene rings is 1. The van der Waals surface area contributed by atoms with E-state index in [1.165, 1.54) is 4.90 Å². The summed E-state index contributed by atoms with van der Waals surface area (Å²) in [5.74, 6) is -1.19. The van der Waals surface area contributed by atoms with Crippen LogP contribution in [-0.4, -0.2) is 41.0 Å². The molecule has 0 radical (unpaired) electrons. The number of nitrogens with one attached hydrogen (secondary N) is 1. The lowest BCUT2D eigenvalue weighted by atomic mass is 10.0. The van der Waals surface area contributed by atoms with Gasteiger partial charge in [-0.2, -0.15) is 0 Å². The monoisotopic (exact) mass is 264 g/mol. The molecule has 5 nitrogen and oxygen atoms in total. The number of aryl methyl sites for hydroxylation is 1. The molecule has 0 fully saturated rings. The molecular formula is C14H20N2O3. The highest BCUT2D eigenvalue weighted by Crippen LogP contribution is 2.15. The molecule has 1 rings (SSSR count). The van der Waals surface area contributed by atoms with Crippen LogP contribution in [0, 0.1) is 6.92 Å². The van der Waals surface area contributed by atoms with Crippen molar-refractivity contribution in [2.24, 2.45) is 0 Å². The maximum absolute atomic E-state index is 11.9. The van der Waals surface area contributed by atoms with Crippen LogP contribution in [0.4, 0.5) is 5.69 Å². The van der Waals surface area contributed by atoms with Crippen molar-refractivity contribution in [1.82, 2.24) is 4.90 Å². The molecule has 0 aromatic heterocycles. The standard InChI is InChI=1S/C14H20N2O3/c1-10-7-5-6-8-11(10)15-12(17)9-16(4)14(2,3)13(18)19/h5-8H,9H2,1-4H3,(H,15,17)(H,18,19). The summed E-state index contributed by atoms with van der Waals surface area (Å²) in [6.45, 7) is 5.06. The first kappa shape index (κ1) is 15.2. The molecule has 0 atom stereocenters. The number of carboxylic acids is 1. The number of carboxylic acid groups (broad SMARTS) is 1. The Morgan fingerprint density at radius 2 is 1.89 bits per heavy atom. The molecule has 0 aliphatic rings.